The number of halogens is 1. The van der Waals surface area contributed by atoms with Gasteiger partial charge in [-0.15, -0.1) is 0 Å². The van der Waals surface area contributed by atoms with Gasteiger partial charge in [-0.1, -0.05) is 35.9 Å². The summed E-state index contributed by atoms with van der Waals surface area (Å²) in [5, 5.41) is 26.5. The topological polar surface area (TPSA) is 60.7 Å². The van der Waals surface area contributed by atoms with Crippen molar-refractivity contribution in [2.24, 2.45) is 0 Å². The van der Waals surface area contributed by atoms with Crippen molar-refractivity contribution in [3.63, 3.8) is 0 Å². The van der Waals surface area contributed by atoms with E-state index < -0.39 is 0 Å². The molecule has 0 unspecified atom stereocenters. The molecular formula is C12H11ClO3. The third-order valence-electron chi connectivity index (χ3n) is 1.73. The number of phenols is 3. The predicted molar refractivity (Wildman–Crippen MR) is 62.9 cm³/mol. The molecule has 0 aliphatic heterocycles. The van der Waals surface area contributed by atoms with Crippen LogP contribution in [0.15, 0.2) is 48.5 Å². The molecule has 0 aromatic heterocycles. The summed E-state index contributed by atoms with van der Waals surface area (Å²) >= 11 is 5.46. The van der Waals surface area contributed by atoms with Crippen LogP contribution in [0.25, 0.3) is 0 Å². The van der Waals surface area contributed by atoms with Crippen LogP contribution in [-0.4, -0.2) is 15.3 Å². The van der Waals surface area contributed by atoms with E-state index in [1.807, 2.05) is 0 Å². The Balaban J connectivity index is 0.000000160. The quantitative estimate of drug-likeness (QED) is 0.618. The Morgan fingerprint density at radius 1 is 0.625 bits per heavy atom. The molecule has 0 amide bonds. The van der Waals surface area contributed by atoms with Gasteiger partial charge in [0.15, 0.2) is 11.5 Å². The summed E-state index contributed by atoms with van der Waals surface area (Å²) in [5.41, 5.74) is 0. The number of para-hydroxylation sites is 3. The Hall–Kier alpha value is -1.87. The molecule has 16 heavy (non-hydrogen) atoms. The van der Waals surface area contributed by atoms with Gasteiger partial charge in [0.25, 0.3) is 0 Å². The second-order valence-electron chi connectivity index (χ2n) is 2.94. The molecule has 0 bridgehead atoms. The molecule has 2 aromatic carbocycles. The molecule has 0 aliphatic carbocycles. The molecule has 2 rings (SSSR count). The van der Waals surface area contributed by atoms with E-state index in [-0.39, 0.29) is 17.2 Å². The third kappa shape index (κ3) is 3.71. The zero-order chi connectivity index (χ0) is 12.0. The van der Waals surface area contributed by atoms with Gasteiger partial charge in [0.05, 0.1) is 5.02 Å². The minimum Gasteiger partial charge on any atom is -0.506 e. The van der Waals surface area contributed by atoms with E-state index in [4.69, 9.17) is 26.9 Å². The van der Waals surface area contributed by atoms with Crippen LogP contribution in [0.1, 0.15) is 0 Å². The molecular weight excluding hydrogens is 228 g/mol. The zero-order valence-electron chi connectivity index (χ0n) is 8.34. The summed E-state index contributed by atoms with van der Waals surface area (Å²) in [4.78, 5) is 0. The molecule has 0 spiro atoms. The molecule has 0 radical (unpaired) electrons. The summed E-state index contributed by atoms with van der Waals surface area (Å²) in [5.74, 6) is -0.0193. The van der Waals surface area contributed by atoms with Gasteiger partial charge in [0.1, 0.15) is 5.75 Å². The maximum atomic E-state index is 8.79. The minimum atomic E-state index is -0.0764. The van der Waals surface area contributed by atoms with Gasteiger partial charge in [0.2, 0.25) is 0 Å². The molecule has 3 N–H and O–H groups in total. The summed E-state index contributed by atoms with van der Waals surface area (Å²) in [6.07, 6.45) is 0. The average Bonchev–Trinajstić information content (AvgIpc) is 2.28. The van der Waals surface area contributed by atoms with E-state index >= 15 is 0 Å². The van der Waals surface area contributed by atoms with Crippen LogP contribution < -0.4 is 0 Å². The highest BCUT2D eigenvalue weighted by molar-refractivity contribution is 6.31. The molecule has 2 aromatic rings. The second kappa shape index (κ2) is 5.88. The maximum Gasteiger partial charge on any atom is 0.157 e. The molecule has 0 atom stereocenters. The molecule has 84 valence electrons. The van der Waals surface area contributed by atoms with E-state index in [1.54, 1.807) is 36.4 Å². The number of benzene rings is 2. The Kier molecular flexibility index (Phi) is 4.48. The largest absolute Gasteiger partial charge is 0.506 e. The van der Waals surface area contributed by atoms with Crippen LogP contribution in [0, 0.1) is 0 Å². The zero-order valence-corrected chi connectivity index (χ0v) is 9.09. The van der Waals surface area contributed by atoms with E-state index in [0.29, 0.717) is 5.02 Å². The SMILES string of the molecule is Oc1ccccc1Cl.Oc1ccccc1O. The first-order chi connectivity index (χ1) is 7.61. The molecule has 4 heteroatoms. The van der Waals surface area contributed by atoms with Crippen LogP contribution in [0.4, 0.5) is 0 Å². The Morgan fingerprint density at radius 3 is 1.25 bits per heavy atom. The standard InChI is InChI=1S/C6H5ClO.C6H6O2/c2*7-5-3-1-2-4-6(5)8/h1-4,8H;1-4,7-8H. The van der Waals surface area contributed by atoms with Gasteiger partial charge < -0.3 is 15.3 Å². The lowest BCUT2D eigenvalue weighted by atomic mass is 10.3. The normalized spacial score (nSPS) is 9.06. The molecule has 0 saturated heterocycles. The number of hydrogen-bond donors (Lipinski definition) is 3. The van der Waals surface area contributed by atoms with Gasteiger partial charge >= 0.3 is 0 Å². The number of rotatable bonds is 0. The molecule has 0 saturated carbocycles. The van der Waals surface area contributed by atoms with Gasteiger partial charge in [-0.2, -0.15) is 0 Å². The molecule has 3 nitrogen and oxygen atoms in total. The number of phenolic OH excluding ortho intramolecular Hbond substituents is 3. The monoisotopic (exact) mass is 238 g/mol. The fourth-order valence-electron chi connectivity index (χ4n) is 0.916. The first-order valence-corrected chi connectivity index (χ1v) is 4.89. The van der Waals surface area contributed by atoms with Crippen LogP contribution in [0.3, 0.4) is 0 Å². The molecule has 0 heterocycles. The summed E-state index contributed by atoms with van der Waals surface area (Å²) in [7, 11) is 0. The number of aromatic hydroxyl groups is 3. The first-order valence-electron chi connectivity index (χ1n) is 4.51. The van der Waals surface area contributed by atoms with Gasteiger partial charge in [0, 0.05) is 0 Å². The maximum absolute atomic E-state index is 8.79. The lowest BCUT2D eigenvalue weighted by molar-refractivity contribution is 0.404. The van der Waals surface area contributed by atoms with Gasteiger partial charge in [-0.25, -0.2) is 0 Å². The molecule has 0 aliphatic rings. The Labute approximate surface area is 98.2 Å². The third-order valence-corrected chi connectivity index (χ3v) is 2.05. The smallest absolute Gasteiger partial charge is 0.157 e. The van der Waals surface area contributed by atoms with E-state index in [2.05, 4.69) is 0 Å². The first kappa shape index (κ1) is 12.2. The van der Waals surface area contributed by atoms with Crippen molar-refractivity contribution in [1.82, 2.24) is 0 Å². The average molecular weight is 239 g/mol. The Morgan fingerprint density at radius 2 is 1.00 bits per heavy atom. The van der Waals surface area contributed by atoms with E-state index in [9.17, 15) is 0 Å². The minimum absolute atomic E-state index is 0.0764. The van der Waals surface area contributed by atoms with Gasteiger partial charge in [-0.05, 0) is 24.3 Å². The van der Waals surface area contributed by atoms with Crippen molar-refractivity contribution in [2.45, 2.75) is 0 Å². The van der Waals surface area contributed by atoms with Crippen LogP contribution in [-0.2, 0) is 0 Å². The van der Waals surface area contributed by atoms with Crippen molar-refractivity contribution in [2.75, 3.05) is 0 Å². The second-order valence-corrected chi connectivity index (χ2v) is 3.35. The van der Waals surface area contributed by atoms with E-state index in [1.165, 1.54) is 12.1 Å². The molecule has 0 fully saturated rings. The fraction of sp³-hybridized carbons (Fsp3) is 0. The summed E-state index contributed by atoms with van der Waals surface area (Å²) < 4.78 is 0. The lowest BCUT2D eigenvalue weighted by Crippen LogP contribution is -1.63. The van der Waals surface area contributed by atoms with Crippen molar-refractivity contribution < 1.29 is 15.3 Å². The predicted octanol–water partition coefficient (Wildman–Crippen LogP) is 3.14. The van der Waals surface area contributed by atoms with Crippen LogP contribution in [0.5, 0.6) is 17.2 Å². The summed E-state index contributed by atoms with van der Waals surface area (Å²) in [6, 6.07) is 12.8. The number of hydrogen-bond acceptors (Lipinski definition) is 3. The van der Waals surface area contributed by atoms with Crippen molar-refractivity contribution in [1.29, 1.82) is 0 Å². The van der Waals surface area contributed by atoms with Crippen molar-refractivity contribution >= 4 is 11.6 Å². The highest BCUT2D eigenvalue weighted by atomic mass is 35.5. The van der Waals surface area contributed by atoms with Crippen LogP contribution >= 0.6 is 11.6 Å². The van der Waals surface area contributed by atoms with Crippen molar-refractivity contribution in [3.8, 4) is 17.2 Å². The van der Waals surface area contributed by atoms with Gasteiger partial charge in [-0.3, -0.25) is 0 Å². The highest BCUT2D eigenvalue weighted by Crippen LogP contribution is 2.21. The lowest BCUT2D eigenvalue weighted by Gasteiger charge is -1.91. The van der Waals surface area contributed by atoms with Crippen molar-refractivity contribution in [3.05, 3.63) is 53.6 Å². The van der Waals surface area contributed by atoms with E-state index in [0.717, 1.165) is 0 Å². The Bertz CT molecular complexity index is 372. The van der Waals surface area contributed by atoms with Crippen LogP contribution in [0.2, 0.25) is 5.02 Å². The summed E-state index contributed by atoms with van der Waals surface area (Å²) in [6.45, 7) is 0. The fourth-order valence-corrected chi connectivity index (χ4v) is 1.05. The highest BCUT2D eigenvalue weighted by Gasteiger charge is 1.90.